The molecular formula is C15H24Cl2N2. The number of benzene rings is 1. The summed E-state index contributed by atoms with van der Waals surface area (Å²) in [6, 6.07) is 5.85. The van der Waals surface area contributed by atoms with Crippen molar-refractivity contribution in [3.63, 3.8) is 0 Å². The maximum absolute atomic E-state index is 6.03. The predicted molar refractivity (Wildman–Crippen MR) is 84.5 cm³/mol. The van der Waals surface area contributed by atoms with Crippen LogP contribution in [0.4, 0.5) is 0 Å². The molecule has 1 rings (SSSR count). The quantitative estimate of drug-likeness (QED) is 0.371. The molecule has 0 heterocycles. The molecule has 0 fully saturated rings. The van der Waals surface area contributed by atoms with Crippen LogP contribution in [0.2, 0.25) is 10.0 Å². The van der Waals surface area contributed by atoms with Crippen LogP contribution < -0.4 is 11.3 Å². The van der Waals surface area contributed by atoms with Crippen LogP contribution in [0.25, 0.3) is 0 Å². The molecule has 4 heteroatoms. The molecule has 19 heavy (non-hydrogen) atoms. The summed E-state index contributed by atoms with van der Waals surface area (Å²) in [6.07, 6.45) is 8.75. The number of hydrogen-bond donors (Lipinski definition) is 2. The Morgan fingerprint density at radius 3 is 2.37 bits per heavy atom. The number of nitrogens with two attached hydrogens (primary N) is 1. The van der Waals surface area contributed by atoms with Crippen LogP contribution in [0.5, 0.6) is 0 Å². The van der Waals surface area contributed by atoms with Crippen LogP contribution in [0.3, 0.4) is 0 Å². The van der Waals surface area contributed by atoms with Gasteiger partial charge in [0, 0.05) is 6.04 Å². The summed E-state index contributed by atoms with van der Waals surface area (Å²) in [4.78, 5) is 0. The smallest absolute Gasteiger partial charge is 0.0595 e. The van der Waals surface area contributed by atoms with Gasteiger partial charge in [0.25, 0.3) is 0 Å². The number of rotatable bonds is 9. The molecule has 0 aliphatic carbocycles. The Labute approximate surface area is 126 Å². The van der Waals surface area contributed by atoms with E-state index in [0.29, 0.717) is 10.0 Å². The second kappa shape index (κ2) is 9.60. The first kappa shape index (κ1) is 16.8. The number of hydrazine groups is 1. The summed E-state index contributed by atoms with van der Waals surface area (Å²) < 4.78 is 0. The molecule has 1 aromatic carbocycles. The van der Waals surface area contributed by atoms with E-state index >= 15 is 0 Å². The first-order valence-corrected chi connectivity index (χ1v) is 7.85. The van der Waals surface area contributed by atoms with Gasteiger partial charge in [0.1, 0.15) is 0 Å². The number of unbranched alkanes of at least 4 members (excludes halogenated alkanes) is 5. The third kappa shape index (κ3) is 6.13. The number of nitrogens with one attached hydrogen (secondary N) is 1. The Morgan fingerprint density at radius 1 is 1.05 bits per heavy atom. The zero-order valence-electron chi connectivity index (χ0n) is 11.6. The topological polar surface area (TPSA) is 38.0 Å². The van der Waals surface area contributed by atoms with Crippen molar-refractivity contribution in [2.24, 2.45) is 5.84 Å². The van der Waals surface area contributed by atoms with Crippen LogP contribution >= 0.6 is 23.2 Å². The van der Waals surface area contributed by atoms with E-state index in [9.17, 15) is 0 Å². The molecule has 1 atom stereocenters. The van der Waals surface area contributed by atoms with Gasteiger partial charge >= 0.3 is 0 Å². The highest BCUT2D eigenvalue weighted by Gasteiger charge is 2.10. The lowest BCUT2D eigenvalue weighted by Crippen LogP contribution is -2.28. The Bertz CT molecular complexity index is 369. The van der Waals surface area contributed by atoms with E-state index in [4.69, 9.17) is 29.0 Å². The van der Waals surface area contributed by atoms with Gasteiger partial charge in [-0.3, -0.25) is 11.3 Å². The Hall–Kier alpha value is -0.280. The second-order valence-corrected chi connectivity index (χ2v) is 5.76. The SMILES string of the molecule is CCCCCCCCC(NN)c1ccc(Cl)c(Cl)c1. The summed E-state index contributed by atoms with van der Waals surface area (Å²) in [5.41, 5.74) is 3.97. The van der Waals surface area contributed by atoms with Crippen LogP contribution in [-0.2, 0) is 0 Å². The third-order valence-electron chi connectivity index (χ3n) is 3.39. The molecule has 0 saturated heterocycles. The average molecular weight is 303 g/mol. The van der Waals surface area contributed by atoms with Crippen molar-refractivity contribution in [3.05, 3.63) is 33.8 Å². The molecule has 108 valence electrons. The standard InChI is InChI=1S/C15H24Cl2N2/c1-2-3-4-5-6-7-8-15(19-18)12-9-10-13(16)14(17)11-12/h9-11,15,19H,2-8,18H2,1H3. The normalized spacial score (nSPS) is 12.6. The molecule has 0 saturated carbocycles. The van der Waals surface area contributed by atoms with Crippen molar-refractivity contribution in [1.82, 2.24) is 5.43 Å². The molecular weight excluding hydrogens is 279 g/mol. The highest BCUT2D eigenvalue weighted by molar-refractivity contribution is 6.42. The molecule has 0 spiro atoms. The fraction of sp³-hybridized carbons (Fsp3) is 0.600. The highest BCUT2D eigenvalue weighted by Crippen LogP contribution is 2.27. The van der Waals surface area contributed by atoms with Gasteiger partial charge in [-0.05, 0) is 24.1 Å². The molecule has 0 bridgehead atoms. The minimum absolute atomic E-state index is 0.154. The Morgan fingerprint density at radius 2 is 1.74 bits per heavy atom. The van der Waals surface area contributed by atoms with E-state index in [2.05, 4.69) is 12.3 Å². The van der Waals surface area contributed by atoms with Gasteiger partial charge in [0.2, 0.25) is 0 Å². The van der Waals surface area contributed by atoms with E-state index in [1.54, 1.807) is 0 Å². The highest BCUT2D eigenvalue weighted by atomic mass is 35.5. The molecule has 0 aliphatic rings. The lowest BCUT2D eigenvalue weighted by molar-refractivity contribution is 0.477. The van der Waals surface area contributed by atoms with Crippen LogP contribution in [0.15, 0.2) is 18.2 Å². The summed E-state index contributed by atoms with van der Waals surface area (Å²) in [7, 11) is 0. The van der Waals surface area contributed by atoms with Gasteiger partial charge in [-0.15, -0.1) is 0 Å². The van der Waals surface area contributed by atoms with Crippen molar-refractivity contribution in [3.8, 4) is 0 Å². The Kier molecular flexibility index (Phi) is 8.47. The monoisotopic (exact) mass is 302 g/mol. The van der Waals surface area contributed by atoms with E-state index in [0.717, 1.165) is 12.0 Å². The minimum atomic E-state index is 0.154. The van der Waals surface area contributed by atoms with Gasteiger partial charge in [0.15, 0.2) is 0 Å². The summed E-state index contributed by atoms with van der Waals surface area (Å²) in [5, 5.41) is 1.17. The van der Waals surface area contributed by atoms with Gasteiger partial charge in [0.05, 0.1) is 10.0 Å². The molecule has 1 aromatic rings. The minimum Gasteiger partial charge on any atom is -0.271 e. The van der Waals surface area contributed by atoms with Gasteiger partial charge in [-0.25, -0.2) is 0 Å². The summed E-state index contributed by atoms with van der Waals surface area (Å²) in [6.45, 7) is 2.23. The number of halogens is 2. The van der Waals surface area contributed by atoms with E-state index in [1.807, 2.05) is 18.2 Å². The first-order chi connectivity index (χ1) is 9.19. The van der Waals surface area contributed by atoms with Crippen LogP contribution in [0, 0.1) is 0 Å². The molecule has 2 nitrogen and oxygen atoms in total. The van der Waals surface area contributed by atoms with E-state index < -0.39 is 0 Å². The van der Waals surface area contributed by atoms with E-state index in [1.165, 1.54) is 38.5 Å². The fourth-order valence-electron chi connectivity index (χ4n) is 2.20. The van der Waals surface area contributed by atoms with Crippen LogP contribution in [-0.4, -0.2) is 0 Å². The van der Waals surface area contributed by atoms with Gasteiger partial charge in [-0.1, -0.05) is 74.7 Å². The average Bonchev–Trinajstić information content (AvgIpc) is 2.41. The zero-order chi connectivity index (χ0) is 14.1. The van der Waals surface area contributed by atoms with E-state index in [-0.39, 0.29) is 6.04 Å². The zero-order valence-corrected chi connectivity index (χ0v) is 13.1. The first-order valence-electron chi connectivity index (χ1n) is 7.10. The lowest BCUT2D eigenvalue weighted by Gasteiger charge is -2.16. The molecule has 3 N–H and O–H groups in total. The summed E-state index contributed by atoms with van der Waals surface area (Å²) in [5.74, 6) is 5.63. The van der Waals surface area contributed by atoms with Crippen molar-refractivity contribution >= 4 is 23.2 Å². The van der Waals surface area contributed by atoms with Crippen molar-refractivity contribution < 1.29 is 0 Å². The maximum Gasteiger partial charge on any atom is 0.0595 e. The number of hydrogen-bond acceptors (Lipinski definition) is 2. The largest absolute Gasteiger partial charge is 0.271 e. The predicted octanol–water partition coefficient (Wildman–Crippen LogP) is 5.25. The lowest BCUT2D eigenvalue weighted by atomic mass is 10.00. The van der Waals surface area contributed by atoms with Crippen molar-refractivity contribution in [2.75, 3.05) is 0 Å². The molecule has 0 aromatic heterocycles. The van der Waals surface area contributed by atoms with Gasteiger partial charge < -0.3 is 0 Å². The third-order valence-corrected chi connectivity index (χ3v) is 4.13. The summed E-state index contributed by atoms with van der Waals surface area (Å²) >= 11 is 12.0. The van der Waals surface area contributed by atoms with Gasteiger partial charge in [-0.2, -0.15) is 0 Å². The molecule has 0 amide bonds. The molecule has 1 unspecified atom stereocenters. The Balaban J connectivity index is 2.38. The van der Waals surface area contributed by atoms with Crippen molar-refractivity contribution in [1.29, 1.82) is 0 Å². The van der Waals surface area contributed by atoms with Crippen molar-refractivity contribution in [2.45, 2.75) is 57.9 Å². The fourth-order valence-corrected chi connectivity index (χ4v) is 2.51. The molecule has 0 radical (unpaired) electrons. The maximum atomic E-state index is 6.03. The second-order valence-electron chi connectivity index (χ2n) is 4.95. The van der Waals surface area contributed by atoms with Crippen LogP contribution in [0.1, 0.15) is 63.5 Å². The molecule has 0 aliphatic heterocycles.